The topological polar surface area (TPSA) is 92.1 Å². The summed E-state index contributed by atoms with van der Waals surface area (Å²) in [7, 11) is 3.17. The lowest BCUT2D eigenvalue weighted by atomic mass is 10.0. The van der Waals surface area contributed by atoms with Crippen LogP contribution >= 0.6 is 0 Å². The molecule has 0 unspecified atom stereocenters. The molecule has 4 aromatic rings. The second kappa shape index (κ2) is 10.1. The standard InChI is InChI=1S/C27H27N5O2/c1-17(2)19-10-8-18(9-11-19)16-29-22-13-12-21(14-24(22)33-3)30-26-27(34-4)32-25-20(15-28)6-5-7-23(25)31-26/h5-14,17,29H,16H2,1-4H3,(H,30,31). The van der Waals surface area contributed by atoms with Gasteiger partial charge in [-0.2, -0.15) is 5.26 Å². The van der Waals surface area contributed by atoms with E-state index in [0.717, 1.165) is 11.4 Å². The molecule has 34 heavy (non-hydrogen) atoms. The highest BCUT2D eigenvalue weighted by atomic mass is 16.5. The van der Waals surface area contributed by atoms with Crippen LogP contribution in [-0.4, -0.2) is 24.2 Å². The van der Waals surface area contributed by atoms with Gasteiger partial charge in [-0.25, -0.2) is 9.97 Å². The van der Waals surface area contributed by atoms with Crippen molar-refractivity contribution >= 4 is 28.2 Å². The minimum atomic E-state index is 0.307. The van der Waals surface area contributed by atoms with Gasteiger partial charge in [0.15, 0.2) is 5.82 Å². The van der Waals surface area contributed by atoms with Crippen LogP contribution in [0.1, 0.15) is 36.5 Å². The van der Waals surface area contributed by atoms with E-state index in [-0.39, 0.29) is 0 Å². The van der Waals surface area contributed by atoms with E-state index >= 15 is 0 Å². The molecule has 0 saturated heterocycles. The minimum absolute atomic E-state index is 0.307. The Kier molecular flexibility index (Phi) is 6.79. The molecule has 0 bridgehead atoms. The number of nitrogens with one attached hydrogen (secondary N) is 2. The van der Waals surface area contributed by atoms with E-state index in [0.29, 0.717) is 46.5 Å². The Morgan fingerprint density at radius 2 is 1.76 bits per heavy atom. The van der Waals surface area contributed by atoms with Crippen LogP contribution < -0.4 is 20.1 Å². The van der Waals surface area contributed by atoms with Gasteiger partial charge in [-0.15, -0.1) is 0 Å². The molecular weight excluding hydrogens is 426 g/mol. The van der Waals surface area contributed by atoms with Gasteiger partial charge in [-0.05, 0) is 41.3 Å². The van der Waals surface area contributed by atoms with Gasteiger partial charge in [-0.1, -0.05) is 44.2 Å². The van der Waals surface area contributed by atoms with Crippen LogP contribution in [0.5, 0.6) is 11.6 Å². The van der Waals surface area contributed by atoms with Crippen molar-refractivity contribution in [2.24, 2.45) is 0 Å². The summed E-state index contributed by atoms with van der Waals surface area (Å²) in [5, 5.41) is 16.0. The lowest BCUT2D eigenvalue weighted by Gasteiger charge is -2.15. The number of methoxy groups -OCH3 is 2. The van der Waals surface area contributed by atoms with Crippen molar-refractivity contribution in [3.05, 3.63) is 77.4 Å². The fourth-order valence-electron chi connectivity index (χ4n) is 3.65. The highest BCUT2D eigenvalue weighted by molar-refractivity contribution is 5.84. The fourth-order valence-corrected chi connectivity index (χ4v) is 3.65. The number of para-hydroxylation sites is 1. The third-order valence-electron chi connectivity index (χ3n) is 5.57. The number of fused-ring (bicyclic) bond motifs is 1. The van der Waals surface area contributed by atoms with Crippen LogP contribution in [0, 0.1) is 11.3 Å². The van der Waals surface area contributed by atoms with Gasteiger partial charge in [0.1, 0.15) is 17.3 Å². The molecule has 2 N–H and O–H groups in total. The molecule has 172 valence electrons. The van der Waals surface area contributed by atoms with Gasteiger partial charge >= 0.3 is 0 Å². The third-order valence-corrected chi connectivity index (χ3v) is 5.57. The van der Waals surface area contributed by atoms with Gasteiger partial charge < -0.3 is 20.1 Å². The van der Waals surface area contributed by atoms with Crippen LogP contribution in [-0.2, 0) is 6.54 Å². The molecule has 1 aromatic heterocycles. The van der Waals surface area contributed by atoms with E-state index in [4.69, 9.17) is 9.47 Å². The van der Waals surface area contributed by atoms with Crippen LogP contribution in [0.25, 0.3) is 11.0 Å². The van der Waals surface area contributed by atoms with E-state index in [1.54, 1.807) is 19.2 Å². The van der Waals surface area contributed by atoms with E-state index in [1.807, 2.05) is 24.3 Å². The average Bonchev–Trinajstić information content (AvgIpc) is 2.87. The van der Waals surface area contributed by atoms with Gasteiger partial charge in [0.25, 0.3) is 5.88 Å². The Labute approximate surface area is 199 Å². The summed E-state index contributed by atoms with van der Waals surface area (Å²) in [5.74, 6) is 1.98. The molecule has 0 fully saturated rings. The summed E-state index contributed by atoms with van der Waals surface area (Å²) in [6.07, 6.45) is 0. The Balaban J connectivity index is 1.54. The van der Waals surface area contributed by atoms with Gasteiger partial charge in [0.05, 0.1) is 31.0 Å². The molecule has 0 aliphatic carbocycles. The largest absolute Gasteiger partial charge is 0.495 e. The molecule has 0 atom stereocenters. The van der Waals surface area contributed by atoms with E-state index in [9.17, 15) is 5.26 Å². The zero-order valence-corrected chi connectivity index (χ0v) is 19.7. The first-order valence-electron chi connectivity index (χ1n) is 11.0. The second-order valence-corrected chi connectivity index (χ2v) is 8.16. The predicted octanol–water partition coefficient (Wildman–Crippen LogP) is 6.00. The maximum Gasteiger partial charge on any atom is 0.258 e. The first-order chi connectivity index (χ1) is 16.5. The van der Waals surface area contributed by atoms with Crippen molar-refractivity contribution in [2.75, 3.05) is 24.9 Å². The fraction of sp³-hybridized carbons (Fsp3) is 0.222. The Bertz CT molecular complexity index is 1340. The molecule has 3 aromatic carbocycles. The van der Waals surface area contributed by atoms with Gasteiger partial charge in [0, 0.05) is 18.3 Å². The van der Waals surface area contributed by atoms with Crippen molar-refractivity contribution < 1.29 is 9.47 Å². The van der Waals surface area contributed by atoms with Crippen LogP contribution in [0.15, 0.2) is 60.7 Å². The van der Waals surface area contributed by atoms with Gasteiger partial charge in [-0.3, -0.25) is 0 Å². The monoisotopic (exact) mass is 453 g/mol. The van der Waals surface area contributed by atoms with E-state index in [1.165, 1.54) is 18.2 Å². The molecule has 7 heteroatoms. The first-order valence-corrected chi connectivity index (χ1v) is 11.0. The quantitative estimate of drug-likeness (QED) is 0.338. The Hall–Kier alpha value is -4.31. The SMILES string of the molecule is COc1cc(Nc2nc3cccc(C#N)c3nc2OC)ccc1NCc1ccc(C(C)C)cc1. The van der Waals surface area contributed by atoms with Crippen LogP contribution in [0.4, 0.5) is 17.2 Å². The van der Waals surface area contributed by atoms with Crippen molar-refractivity contribution in [3.63, 3.8) is 0 Å². The maximum atomic E-state index is 9.34. The highest BCUT2D eigenvalue weighted by Gasteiger charge is 2.13. The summed E-state index contributed by atoms with van der Waals surface area (Å²) in [6.45, 7) is 5.07. The number of ether oxygens (including phenoxy) is 2. The number of rotatable bonds is 8. The van der Waals surface area contributed by atoms with Crippen LogP contribution in [0.2, 0.25) is 0 Å². The van der Waals surface area contributed by atoms with Crippen molar-refractivity contribution in [3.8, 4) is 17.7 Å². The zero-order valence-electron chi connectivity index (χ0n) is 19.7. The van der Waals surface area contributed by atoms with Crippen molar-refractivity contribution in [2.45, 2.75) is 26.3 Å². The van der Waals surface area contributed by atoms with E-state index in [2.05, 4.69) is 64.8 Å². The molecule has 7 nitrogen and oxygen atoms in total. The summed E-state index contributed by atoms with van der Waals surface area (Å²) < 4.78 is 11.0. The predicted molar refractivity (Wildman–Crippen MR) is 135 cm³/mol. The second-order valence-electron chi connectivity index (χ2n) is 8.16. The van der Waals surface area contributed by atoms with Crippen molar-refractivity contribution in [1.29, 1.82) is 5.26 Å². The smallest absolute Gasteiger partial charge is 0.258 e. The van der Waals surface area contributed by atoms with Gasteiger partial charge in [0.2, 0.25) is 0 Å². The third kappa shape index (κ3) is 4.86. The summed E-state index contributed by atoms with van der Waals surface area (Å²) >= 11 is 0. The first kappa shape index (κ1) is 22.9. The minimum Gasteiger partial charge on any atom is -0.495 e. The molecule has 0 amide bonds. The van der Waals surface area contributed by atoms with Crippen molar-refractivity contribution in [1.82, 2.24) is 9.97 Å². The van der Waals surface area contributed by atoms with E-state index < -0.39 is 0 Å². The number of nitrogens with zero attached hydrogens (tertiary/aromatic N) is 3. The number of hydrogen-bond donors (Lipinski definition) is 2. The molecule has 0 aliphatic heterocycles. The summed E-state index contributed by atoms with van der Waals surface area (Å²) in [5.41, 5.74) is 5.74. The Morgan fingerprint density at radius 3 is 2.44 bits per heavy atom. The van der Waals surface area contributed by atoms with Crippen LogP contribution in [0.3, 0.4) is 0 Å². The maximum absolute atomic E-state index is 9.34. The molecule has 0 spiro atoms. The lowest BCUT2D eigenvalue weighted by molar-refractivity contribution is 0.400. The Morgan fingerprint density at radius 1 is 0.971 bits per heavy atom. The summed E-state index contributed by atoms with van der Waals surface area (Å²) in [6, 6.07) is 21.9. The number of benzene rings is 3. The number of anilines is 3. The molecule has 0 radical (unpaired) electrons. The number of aromatic nitrogens is 2. The normalized spacial score (nSPS) is 10.7. The average molecular weight is 454 g/mol. The zero-order chi connectivity index (χ0) is 24.1. The molecular formula is C27H27N5O2. The molecule has 4 rings (SSSR count). The number of nitriles is 1. The number of hydrogen-bond acceptors (Lipinski definition) is 7. The molecule has 1 heterocycles. The summed E-state index contributed by atoms with van der Waals surface area (Å²) in [4.78, 5) is 9.10. The molecule has 0 saturated carbocycles. The highest BCUT2D eigenvalue weighted by Crippen LogP contribution is 2.32. The lowest BCUT2D eigenvalue weighted by Crippen LogP contribution is -2.04. The molecule has 0 aliphatic rings.